The molecule has 0 aromatic heterocycles. The zero-order chi connectivity index (χ0) is 12.6. The molecule has 0 aliphatic carbocycles. The minimum Gasteiger partial charge on any atom is -0.377 e. The zero-order valence-electron chi connectivity index (χ0n) is 11.3. The molecule has 98 valence electrons. The first-order chi connectivity index (χ1) is 8.72. The summed E-state index contributed by atoms with van der Waals surface area (Å²) in [6.45, 7) is 10.5. The predicted molar refractivity (Wildman–Crippen MR) is 72.9 cm³/mol. The van der Waals surface area contributed by atoms with Gasteiger partial charge in [0.2, 0.25) is 0 Å². The van der Waals surface area contributed by atoms with Crippen LogP contribution in [-0.4, -0.2) is 44.3 Å². The average molecular weight is 246 g/mol. The van der Waals surface area contributed by atoms with Gasteiger partial charge < -0.3 is 10.1 Å². The monoisotopic (exact) mass is 246 g/mol. The summed E-state index contributed by atoms with van der Waals surface area (Å²) in [6, 6.07) is 6.87. The highest BCUT2D eigenvalue weighted by Crippen LogP contribution is 2.37. The lowest BCUT2D eigenvalue weighted by Gasteiger charge is -2.51. The summed E-state index contributed by atoms with van der Waals surface area (Å²) in [4.78, 5) is 2.59. The third kappa shape index (κ3) is 1.87. The molecule has 2 aliphatic rings. The Bertz CT molecular complexity index is 434. The van der Waals surface area contributed by atoms with E-state index in [1.807, 2.05) is 0 Å². The van der Waals surface area contributed by atoms with E-state index in [0.29, 0.717) is 0 Å². The molecule has 2 heterocycles. The third-order valence-electron chi connectivity index (χ3n) is 4.45. The summed E-state index contributed by atoms with van der Waals surface area (Å²) in [7, 11) is 0. The van der Waals surface area contributed by atoms with E-state index >= 15 is 0 Å². The van der Waals surface area contributed by atoms with Gasteiger partial charge in [-0.25, -0.2) is 0 Å². The summed E-state index contributed by atoms with van der Waals surface area (Å²) in [5, 5.41) is 3.42. The second-order valence-corrected chi connectivity index (χ2v) is 5.56. The van der Waals surface area contributed by atoms with E-state index in [2.05, 4.69) is 42.3 Å². The average Bonchev–Trinajstić information content (AvgIpc) is 2.34. The van der Waals surface area contributed by atoms with E-state index in [-0.39, 0.29) is 5.54 Å². The Hall–Kier alpha value is -0.900. The van der Waals surface area contributed by atoms with Crippen LogP contribution in [0.2, 0.25) is 0 Å². The van der Waals surface area contributed by atoms with Crippen LogP contribution in [0.4, 0.5) is 0 Å². The van der Waals surface area contributed by atoms with Crippen LogP contribution in [0.25, 0.3) is 0 Å². The summed E-state index contributed by atoms with van der Waals surface area (Å²) in [6.07, 6.45) is 0. The summed E-state index contributed by atoms with van der Waals surface area (Å²) < 4.78 is 5.55. The number of benzene rings is 1. The molecule has 0 bridgehead atoms. The maximum Gasteiger partial charge on any atom is 0.0934 e. The molecular weight excluding hydrogens is 224 g/mol. The minimum atomic E-state index is 0.139. The van der Waals surface area contributed by atoms with Gasteiger partial charge in [0.25, 0.3) is 0 Å². The normalized spacial score (nSPS) is 23.7. The second-order valence-electron chi connectivity index (χ2n) is 5.56. The van der Waals surface area contributed by atoms with Gasteiger partial charge in [-0.15, -0.1) is 0 Å². The Balaban J connectivity index is 1.92. The van der Waals surface area contributed by atoms with Crippen molar-refractivity contribution in [2.24, 2.45) is 0 Å². The lowest BCUT2D eigenvalue weighted by molar-refractivity contribution is -0.149. The smallest absolute Gasteiger partial charge is 0.0934 e. The number of nitrogens with one attached hydrogen (secondary N) is 1. The first-order valence-electron chi connectivity index (χ1n) is 6.84. The van der Waals surface area contributed by atoms with Gasteiger partial charge in [-0.2, -0.15) is 0 Å². The van der Waals surface area contributed by atoms with Gasteiger partial charge >= 0.3 is 0 Å². The number of hydrogen-bond donors (Lipinski definition) is 1. The van der Waals surface area contributed by atoms with Gasteiger partial charge in [0.1, 0.15) is 0 Å². The van der Waals surface area contributed by atoms with Crippen LogP contribution in [-0.2, 0) is 10.3 Å². The Morgan fingerprint density at radius 1 is 1.11 bits per heavy atom. The van der Waals surface area contributed by atoms with Crippen LogP contribution in [0.15, 0.2) is 18.2 Å². The molecule has 0 radical (unpaired) electrons. The van der Waals surface area contributed by atoms with Crippen molar-refractivity contribution in [2.75, 3.05) is 39.4 Å². The minimum absolute atomic E-state index is 0.139. The SMILES string of the molecule is Cc1ccc(C2(N3CCNCC3)COC2)cc1C. The lowest BCUT2D eigenvalue weighted by atomic mass is 9.84. The molecule has 0 unspecified atom stereocenters. The molecular formula is C15H22N2O. The van der Waals surface area contributed by atoms with Gasteiger partial charge in [-0.05, 0) is 30.5 Å². The molecule has 3 heteroatoms. The fourth-order valence-corrected chi connectivity index (χ4v) is 2.95. The topological polar surface area (TPSA) is 24.5 Å². The maximum absolute atomic E-state index is 5.55. The highest BCUT2D eigenvalue weighted by Gasteiger charge is 2.45. The third-order valence-corrected chi connectivity index (χ3v) is 4.45. The summed E-state index contributed by atoms with van der Waals surface area (Å²) >= 11 is 0. The highest BCUT2D eigenvalue weighted by molar-refractivity contribution is 5.36. The molecule has 0 atom stereocenters. The molecule has 0 amide bonds. The molecule has 1 aromatic carbocycles. The van der Waals surface area contributed by atoms with Crippen LogP contribution in [0.1, 0.15) is 16.7 Å². The molecule has 0 saturated carbocycles. The molecule has 1 aromatic rings. The Labute approximate surface area is 109 Å². The summed E-state index contributed by atoms with van der Waals surface area (Å²) in [5.41, 5.74) is 4.32. The molecule has 0 spiro atoms. The van der Waals surface area contributed by atoms with Gasteiger partial charge in [-0.3, -0.25) is 4.90 Å². The molecule has 2 aliphatic heterocycles. The highest BCUT2D eigenvalue weighted by atomic mass is 16.5. The predicted octanol–water partition coefficient (Wildman–Crippen LogP) is 1.43. The Morgan fingerprint density at radius 2 is 1.83 bits per heavy atom. The van der Waals surface area contributed by atoms with Crippen LogP contribution in [0.3, 0.4) is 0 Å². The van der Waals surface area contributed by atoms with Gasteiger partial charge in [0.05, 0.1) is 18.8 Å². The van der Waals surface area contributed by atoms with E-state index in [9.17, 15) is 0 Å². The molecule has 1 N–H and O–H groups in total. The quantitative estimate of drug-likeness (QED) is 0.854. The molecule has 3 rings (SSSR count). The fourth-order valence-electron chi connectivity index (χ4n) is 2.95. The maximum atomic E-state index is 5.55. The van der Waals surface area contributed by atoms with E-state index < -0.39 is 0 Å². The van der Waals surface area contributed by atoms with Crippen molar-refractivity contribution < 1.29 is 4.74 Å². The van der Waals surface area contributed by atoms with Crippen molar-refractivity contribution >= 4 is 0 Å². The number of hydrogen-bond acceptors (Lipinski definition) is 3. The van der Waals surface area contributed by atoms with Crippen molar-refractivity contribution in [3.63, 3.8) is 0 Å². The number of nitrogens with zero attached hydrogens (tertiary/aromatic N) is 1. The first kappa shape index (κ1) is 12.2. The fraction of sp³-hybridized carbons (Fsp3) is 0.600. The van der Waals surface area contributed by atoms with Crippen LogP contribution >= 0.6 is 0 Å². The van der Waals surface area contributed by atoms with Crippen molar-refractivity contribution in [2.45, 2.75) is 19.4 Å². The standard InChI is InChI=1S/C15H22N2O/c1-12-3-4-14(9-13(12)2)15(10-18-11-15)17-7-5-16-6-8-17/h3-4,9,16H,5-8,10-11H2,1-2H3. The second kappa shape index (κ2) is 4.65. The molecule has 3 nitrogen and oxygen atoms in total. The van der Waals surface area contributed by atoms with Crippen molar-refractivity contribution in [1.29, 1.82) is 0 Å². The van der Waals surface area contributed by atoms with E-state index in [1.54, 1.807) is 0 Å². The Morgan fingerprint density at radius 3 is 2.39 bits per heavy atom. The van der Waals surface area contributed by atoms with Crippen LogP contribution in [0.5, 0.6) is 0 Å². The van der Waals surface area contributed by atoms with E-state index in [1.165, 1.54) is 16.7 Å². The zero-order valence-corrected chi connectivity index (χ0v) is 11.3. The largest absolute Gasteiger partial charge is 0.377 e. The van der Waals surface area contributed by atoms with Gasteiger partial charge in [-0.1, -0.05) is 18.2 Å². The Kier molecular flexibility index (Phi) is 3.14. The number of aryl methyl sites for hydroxylation is 2. The van der Waals surface area contributed by atoms with Crippen LogP contribution in [0, 0.1) is 13.8 Å². The lowest BCUT2D eigenvalue weighted by Crippen LogP contribution is -2.63. The van der Waals surface area contributed by atoms with E-state index in [4.69, 9.17) is 4.74 Å². The molecule has 2 fully saturated rings. The first-order valence-corrected chi connectivity index (χ1v) is 6.84. The molecule has 18 heavy (non-hydrogen) atoms. The van der Waals surface area contributed by atoms with E-state index in [0.717, 1.165) is 39.4 Å². The van der Waals surface area contributed by atoms with Crippen molar-refractivity contribution in [3.05, 3.63) is 34.9 Å². The number of ether oxygens (including phenoxy) is 1. The van der Waals surface area contributed by atoms with Gasteiger partial charge in [0, 0.05) is 26.2 Å². The van der Waals surface area contributed by atoms with Crippen molar-refractivity contribution in [3.8, 4) is 0 Å². The van der Waals surface area contributed by atoms with Gasteiger partial charge in [0.15, 0.2) is 0 Å². The van der Waals surface area contributed by atoms with Crippen molar-refractivity contribution in [1.82, 2.24) is 10.2 Å². The van der Waals surface area contributed by atoms with Crippen LogP contribution < -0.4 is 5.32 Å². The number of piperazine rings is 1. The number of rotatable bonds is 2. The molecule has 2 saturated heterocycles. The summed E-state index contributed by atoms with van der Waals surface area (Å²) in [5.74, 6) is 0.